The molecule has 1 aromatic carbocycles. The van der Waals surface area contributed by atoms with Crippen molar-refractivity contribution in [3.63, 3.8) is 0 Å². The van der Waals surface area contributed by atoms with Gasteiger partial charge >= 0.3 is 21.8 Å². The van der Waals surface area contributed by atoms with Crippen molar-refractivity contribution in [1.82, 2.24) is 14.7 Å². The van der Waals surface area contributed by atoms with Gasteiger partial charge in [0, 0.05) is 0 Å². The number of aromatic nitrogens is 2. The number of nitrogens with zero attached hydrogens (tertiary/aromatic N) is 2. The Labute approximate surface area is 167 Å². The number of alkyl halides is 3. The van der Waals surface area contributed by atoms with Gasteiger partial charge in [-0.1, -0.05) is 12.1 Å². The van der Waals surface area contributed by atoms with Crippen LogP contribution in [0, 0.1) is 0 Å². The predicted octanol–water partition coefficient (Wildman–Crippen LogP) is 2.55. The molecule has 0 aliphatic heterocycles. The maximum Gasteiger partial charge on any atom is 0.446 e. The number of nitrogens with one attached hydrogen (secondary N) is 2. The van der Waals surface area contributed by atoms with Crippen LogP contribution in [0.3, 0.4) is 0 Å². The number of amides is 2. The van der Waals surface area contributed by atoms with Gasteiger partial charge in [-0.15, -0.1) is 0 Å². The Morgan fingerprint density at radius 1 is 1.10 bits per heavy atom. The third-order valence-corrected chi connectivity index (χ3v) is 4.44. The van der Waals surface area contributed by atoms with Crippen LogP contribution in [-0.4, -0.2) is 44.1 Å². The molecule has 0 fully saturated rings. The zero-order valence-corrected chi connectivity index (χ0v) is 16.3. The van der Waals surface area contributed by atoms with Crippen LogP contribution >= 0.6 is 11.8 Å². The van der Waals surface area contributed by atoms with E-state index in [0.717, 1.165) is 12.1 Å². The molecule has 15 heteroatoms. The second kappa shape index (κ2) is 9.04. The van der Waals surface area contributed by atoms with E-state index in [0.29, 0.717) is 0 Å². The number of para-hydroxylation sites is 1. The lowest BCUT2D eigenvalue weighted by Crippen LogP contribution is -2.37. The fourth-order valence-electron chi connectivity index (χ4n) is 1.78. The van der Waals surface area contributed by atoms with Gasteiger partial charge in [0.25, 0.3) is 0 Å². The number of benzene rings is 1. The summed E-state index contributed by atoms with van der Waals surface area (Å²) in [5.41, 5.74) is -4.67. The molecule has 0 bridgehead atoms. The highest BCUT2D eigenvalue weighted by molar-refractivity contribution is 8.00. The summed E-state index contributed by atoms with van der Waals surface area (Å²) < 4.78 is 77.5. The van der Waals surface area contributed by atoms with Crippen molar-refractivity contribution in [2.24, 2.45) is 0 Å². The molecular weight excluding hydrogens is 441 g/mol. The Kier molecular flexibility index (Phi) is 6.97. The molecule has 2 rings (SSSR count). The fraction of sp³-hybridized carbons (Fsp3) is 0.214. The molecule has 1 heterocycles. The van der Waals surface area contributed by atoms with Crippen LogP contribution < -0.4 is 23.7 Å². The molecule has 158 valence electrons. The second-order valence-corrected chi connectivity index (χ2v) is 7.25. The normalized spacial score (nSPS) is 11.5. The van der Waals surface area contributed by atoms with E-state index in [9.17, 15) is 26.4 Å². The first-order chi connectivity index (χ1) is 13.5. The van der Waals surface area contributed by atoms with Crippen molar-refractivity contribution in [2.45, 2.75) is 10.4 Å². The monoisotopic (exact) mass is 454 g/mol. The number of urea groups is 1. The van der Waals surface area contributed by atoms with Crippen molar-refractivity contribution in [3.05, 3.63) is 30.3 Å². The van der Waals surface area contributed by atoms with Crippen LogP contribution in [0.2, 0.25) is 0 Å². The van der Waals surface area contributed by atoms with E-state index in [-0.39, 0.29) is 17.7 Å². The van der Waals surface area contributed by atoms with Gasteiger partial charge in [-0.3, -0.25) is 5.32 Å². The second-order valence-electron chi connectivity index (χ2n) is 4.86. The number of hydrogen-bond acceptors (Lipinski definition) is 9. The summed E-state index contributed by atoms with van der Waals surface area (Å²) >= 11 is -0.568. The Morgan fingerprint density at radius 3 is 2.24 bits per heavy atom. The number of methoxy groups -OCH3 is 2. The van der Waals surface area contributed by atoms with Crippen LogP contribution in [0.5, 0.6) is 17.5 Å². The molecule has 0 saturated heterocycles. The maximum atomic E-state index is 12.6. The molecule has 2 amide bonds. The summed E-state index contributed by atoms with van der Waals surface area (Å²) in [6.45, 7) is 0. The van der Waals surface area contributed by atoms with Crippen LogP contribution in [0.4, 0.5) is 23.9 Å². The molecule has 29 heavy (non-hydrogen) atoms. The van der Waals surface area contributed by atoms with E-state index in [2.05, 4.69) is 14.2 Å². The molecule has 10 nitrogen and oxygen atoms in total. The average Bonchev–Trinajstić information content (AvgIpc) is 2.60. The Bertz CT molecular complexity index is 965. The Morgan fingerprint density at radius 2 is 1.69 bits per heavy atom. The fourth-order valence-corrected chi connectivity index (χ4v) is 3.14. The summed E-state index contributed by atoms with van der Waals surface area (Å²) in [7, 11) is -2.24. The number of hydrogen-bond donors (Lipinski definition) is 2. The molecule has 0 aliphatic carbocycles. The molecular formula is C14H13F3N4O6S2. The lowest BCUT2D eigenvalue weighted by molar-refractivity contribution is -0.0328. The van der Waals surface area contributed by atoms with Crippen molar-refractivity contribution in [2.75, 3.05) is 19.5 Å². The number of rotatable bonds is 7. The molecule has 0 atom stereocenters. The molecule has 0 radical (unpaired) electrons. The van der Waals surface area contributed by atoms with Crippen LogP contribution in [0.15, 0.2) is 35.2 Å². The van der Waals surface area contributed by atoms with E-state index < -0.39 is 44.3 Å². The molecule has 2 N–H and O–H groups in total. The van der Waals surface area contributed by atoms with Gasteiger partial charge < -0.3 is 13.7 Å². The van der Waals surface area contributed by atoms with Gasteiger partial charge in [-0.25, -0.2) is 9.52 Å². The van der Waals surface area contributed by atoms with E-state index in [4.69, 9.17) is 9.47 Å². The molecule has 0 unspecified atom stereocenters. The minimum atomic E-state index is -4.82. The van der Waals surface area contributed by atoms with Gasteiger partial charge in [0.15, 0.2) is 5.75 Å². The lowest BCUT2D eigenvalue weighted by Gasteiger charge is -2.13. The number of ether oxygens (including phenoxy) is 2. The summed E-state index contributed by atoms with van der Waals surface area (Å²) in [6, 6.07) is 4.52. The zero-order chi connectivity index (χ0) is 21.7. The number of thioether (sulfide) groups is 1. The first-order valence-corrected chi connectivity index (χ1v) is 9.59. The van der Waals surface area contributed by atoms with Gasteiger partial charge in [0.05, 0.1) is 25.2 Å². The summed E-state index contributed by atoms with van der Waals surface area (Å²) in [4.78, 5) is 18.9. The predicted molar refractivity (Wildman–Crippen MR) is 95.2 cm³/mol. The SMILES string of the molecule is COc1cc(OC)nc(NC(=O)NS(=O)(=O)Oc2ccccc2SC(F)(F)F)n1. The van der Waals surface area contributed by atoms with E-state index >= 15 is 0 Å². The summed E-state index contributed by atoms with van der Waals surface area (Å²) in [5, 5.41) is 2.01. The van der Waals surface area contributed by atoms with Gasteiger partial charge in [0.2, 0.25) is 17.7 Å². The highest BCUT2D eigenvalue weighted by Crippen LogP contribution is 2.41. The smallest absolute Gasteiger partial charge is 0.446 e. The standard InChI is InChI=1S/C14H13F3N4O6S2/c1-25-10-7-11(26-2)19-12(18-10)20-13(22)21-29(23,24)27-8-5-3-4-6-9(8)28-14(15,16)17/h3-7H,1-2H3,(H2,18,19,20,21,22). The van der Waals surface area contributed by atoms with Crippen LogP contribution in [0.25, 0.3) is 0 Å². The largest absolute Gasteiger partial charge is 0.481 e. The molecule has 0 saturated carbocycles. The quantitative estimate of drug-likeness (QED) is 0.607. The minimum Gasteiger partial charge on any atom is -0.481 e. The molecule has 0 spiro atoms. The molecule has 1 aromatic heterocycles. The minimum absolute atomic E-state index is 0.0179. The first-order valence-electron chi connectivity index (χ1n) is 7.36. The Balaban J connectivity index is 2.11. The van der Waals surface area contributed by atoms with Crippen molar-refractivity contribution in [3.8, 4) is 17.5 Å². The molecule has 0 aliphatic rings. The van der Waals surface area contributed by atoms with Crippen molar-refractivity contribution < 1.29 is 40.0 Å². The number of carbonyl (C=O) groups is 1. The van der Waals surface area contributed by atoms with Crippen LogP contribution in [0.1, 0.15) is 0 Å². The highest BCUT2D eigenvalue weighted by atomic mass is 32.2. The van der Waals surface area contributed by atoms with Crippen molar-refractivity contribution in [1.29, 1.82) is 0 Å². The van der Waals surface area contributed by atoms with E-state index in [1.54, 1.807) is 0 Å². The lowest BCUT2D eigenvalue weighted by atomic mass is 10.3. The maximum absolute atomic E-state index is 12.6. The number of carbonyl (C=O) groups excluding carboxylic acids is 1. The third-order valence-electron chi connectivity index (χ3n) is 2.81. The topological polar surface area (TPSA) is 129 Å². The molecule has 2 aromatic rings. The Hall–Kier alpha value is -2.94. The highest BCUT2D eigenvalue weighted by Gasteiger charge is 2.31. The number of anilines is 1. The van der Waals surface area contributed by atoms with Gasteiger partial charge in [-0.05, 0) is 23.9 Å². The summed E-state index contributed by atoms with van der Waals surface area (Å²) in [6.07, 6.45) is 0. The average molecular weight is 454 g/mol. The first kappa shape index (κ1) is 22.4. The van der Waals surface area contributed by atoms with Gasteiger partial charge in [0.1, 0.15) is 0 Å². The van der Waals surface area contributed by atoms with Crippen LogP contribution in [-0.2, 0) is 10.3 Å². The van der Waals surface area contributed by atoms with Gasteiger partial charge in [-0.2, -0.15) is 31.6 Å². The zero-order valence-electron chi connectivity index (χ0n) is 14.7. The third kappa shape index (κ3) is 7.19. The van der Waals surface area contributed by atoms with Crippen molar-refractivity contribution >= 4 is 34.0 Å². The number of halogens is 3. The van der Waals surface area contributed by atoms with E-state index in [1.165, 1.54) is 37.1 Å². The van der Waals surface area contributed by atoms with E-state index in [1.807, 2.05) is 5.32 Å². The summed E-state index contributed by atoms with van der Waals surface area (Å²) in [5.74, 6) is -0.940.